The van der Waals surface area contributed by atoms with Gasteiger partial charge in [-0.2, -0.15) is 0 Å². The van der Waals surface area contributed by atoms with Gasteiger partial charge in [-0.1, -0.05) is 0 Å². The van der Waals surface area contributed by atoms with Crippen molar-refractivity contribution in [1.82, 2.24) is 20.6 Å². The van der Waals surface area contributed by atoms with Crippen LogP contribution in [0.3, 0.4) is 0 Å². The molecule has 0 fully saturated rings. The number of methoxy groups -OCH3 is 2. The Morgan fingerprint density at radius 3 is 2.50 bits per heavy atom. The first-order valence-corrected chi connectivity index (χ1v) is 9.00. The monoisotopic (exact) mass is 442 g/mol. The lowest BCUT2D eigenvalue weighted by molar-refractivity contribution is -0.120. The third-order valence-corrected chi connectivity index (χ3v) is 4.49. The number of carbonyl (C=O) groups excluding carboxylic acids is 1. The molecule has 0 bridgehead atoms. The molecule has 2 aromatic rings. The summed E-state index contributed by atoms with van der Waals surface area (Å²) >= 11 is 9.46. The van der Waals surface area contributed by atoms with Crippen LogP contribution in [0.4, 0.5) is 0 Å². The normalized spacial score (nSPS) is 11.7. The number of carbonyl (C=O) groups is 1. The Morgan fingerprint density at radius 2 is 1.92 bits per heavy atom. The lowest BCUT2D eigenvalue weighted by Gasteiger charge is -2.21. The Balaban J connectivity index is 2.42. The van der Waals surface area contributed by atoms with Crippen LogP contribution in [0.15, 0.2) is 28.9 Å². The zero-order chi connectivity index (χ0) is 19.1. The van der Waals surface area contributed by atoms with E-state index in [9.17, 15) is 4.79 Å². The molecule has 0 radical (unpaired) electrons. The molecule has 7 nitrogen and oxygen atoms in total. The van der Waals surface area contributed by atoms with E-state index in [1.807, 2.05) is 12.1 Å². The second-order valence-corrected chi connectivity index (χ2v) is 6.52. The minimum atomic E-state index is -0.349. The number of amides is 1. The predicted octanol–water partition coefficient (Wildman–Crippen LogP) is 2.72. The third-order valence-electron chi connectivity index (χ3n) is 3.70. The average Bonchev–Trinajstić information content (AvgIpc) is 2.66. The molecule has 1 aromatic heterocycles. The van der Waals surface area contributed by atoms with Crippen LogP contribution in [-0.4, -0.2) is 43.7 Å². The Kier molecular flexibility index (Phi) is 7.62. The van der Waals surface area contributed by atoms with E-state index in [0.29, 0.717) is 34.6 Å². The van der Waals surface area contributed by atoms with Gasteiger partial charge in [-0.05, 0) is 45.2 Å². The van der Waals surface area contributed by atoms with Gasteiger partial charge in [0.15, 0.2) is 0 Å². The van der Waals surface area contributed by atoms with E-state index in [0.717, 1.165) is 5.56 Å². The number of ether oxygens (including phenoxy) is 2. The van der Waals surface area contributed by atoms with Gasteiger partial charge in [0.1, 0.15) is 11.5 Å². The first-order chi connectivity index (χ1) is 12.5. The highest BCUT2D eigenvalue weighted by molar-refractivity contribution is 9.10. The van der Waals surface area contributed by atoms with E-state index < -0.39 is 0 Å². The SMILES string of the molecule is CNC(=O)CCNC(c1cc(OC)cc(OC)c1)c1nc(Cl)ncc1Br. The standard InChI is InChI=1S/C17H20BrClN4O3/c1-20-14(24)4-5-21-15(16-13(18)9-22-17(19)23-16)10-6-11(25-2)8-12(7-10)26-3/h6-9,15,21H,4-5H2,1-3H3,(H,20,24). The highest BCUT2D eigenvalue weighted by Gasteiger charge is 2.21. The van der Waals surface area contributed by atoms with E-state index >= 15 is 0 Å². The van der Waals surface area contributed by atoms with Crippen molar-refractivity contribution in [3.8, 4) is 11.5 Å². The number of hydrogen-bond acceptors (Lipinski definition) is 6. The molecule has 0 saturated carbocycles. The number of aromatic nitrogens is 2. The Labute approximate surface area is 165 Å². The lowest BCUT2D eigenvalue weighted by Crippen LogP contribution is -2.29. The van der Waals surface area contributed by atoms with Gasteiger partial charge >= 0.3 is 0 Å². The molecule has 1 amide bonds. The molecular formula is C17H20BrClN4O3. The molecule has 0 aliphatic carbocycles. The molecule has 0 spiro atoms. The summed E-state index contributed by atoms with van der Waals surface area (Å²) in [6.07, 6.45) is 1.92. The van der Waals surface area contributed by atoms with Gasteiger partial charge in [0.05, 0.1) is 30.4 Å². The molecule has 1 heterocycles. The molecule has 0 aliphatic rings. The summed E-state index contributed by atoms with van der Waals surface area (Å²) in [5.74, 6) is 1.24. The van der Waals surface area contributed by atoms with Crippen molar-refractivity contribution in [2.75, 3.05) is 27.8 Å². The summed E-state index contributed by atoms with van der Waals surface area (Å²) in [5.41, 5.74) is 1.51. The second-order valence-electron chi connectivity index (χ2n) is 5.33. The van der Waals surface area contributed by atoms with Crippen LogP contribution in [0.25, 0.3) is 0 Å². The fourth-order valence-electron chi connectivity index (χ4n) is 2.38. The summed E-state index contributed by atoms with van der Waals surface area (Å²) in [5, 5.41) is 6.07. The van der Waals surface area contributed by atoms with E-state index in [2.05, 4.69) is 36.5 Å². The molecule has 2 rings (SSSR count). The summed E-state index contributed by atoms with van der Waals surface area (Å²) in [6.45, 7) is 0.442. The lowest BCUT2D eigenvalue weighted by atomic mass is 10.0. The summed E-state index contributed by atoms with van der Waals surface area (Å²) < 4.78 is 11.4. The van der Waals surface area contributed by atoms with E-state index in [4.69, 9.17) is 21.1 Å². The first-order valence-electron chi connectivity index (χ1n) is 7.83. The van der Waals surface area contributed by atoms with Crippen LogP contribution >= 0.6 is 27.5 Å². The largest absolute Gasteiger partial charge is 0.497 e. The zero-order valence-corrected chi connectivity index (χ0v) is 17.0. The van der Waals surface area contributed by atoms with Gasteiger partial charge in [0, 0.05) is 32.3 Å². The van der Waals surface area contributed by atoms with Crippen LogP contribution in [0.1, 0.15) is 23.7 Å². The smallest absolute Gasteiger partial charge is 0.222 e. The maximum atomic E-state index is 11.5. The van der Waals surface area contributed by atoms with Crippen molar-refractivity contribution in [3.63, 3.8) is 0 Å². The molecular weight excluding hydrogens is 424 g/mol. The van der Waals surface area contributed by atoms with Crippen LogP contribution in [-0.2, 0) is 4.79 Å². The molecule has 1 unspecified atom stereocenters. The quantitative estimate of drug-likeness (QED) is 0.610. The van der Waals surface area contributed by atoms with Crippen LogP contribution < -0.4 is 20.1 Å². The molecule has 0 aliphatic heterocycles. The molecule has 1 aromatic carbocycles. The number of benzene rings is 1. The molecule has 0 saturated heterocycles. The zero-order valence-electron chi connectivity index (χ0n) is 14.7. The minimum Gasteiger partial charge on any atom is -0.497 e. The Hall–Kier alpha value is -1.90. The molecule has 2 N–H and O–H groups in total. The number of nitrogens with zero attached hydrogens (tertiary/aromatic N) is 2. The van der Waals surface area contributed by atoms with Crippen LogP contribution in [0.2, 0.25) is 5.28 Å². The maximum Gasteiger partial charge on any atom is 0.222 e. The topological polar surface area (TPSA) is 85.4 Å². The number of rotatable bonds is 8. The van der Waals surface area contributed by atoms with E-state index in [1.54, 1.807) is 33.5 Å². The van der Waals surface area contributed by atoms with Gasteiger partial charge in [0.2, 0.25) is 11.2 Å². The van der Waals surface area contributed by atoms with Crippen molar-refractivity contribution < 1.29 is 14.3 Å². The Bertz CT molecular complexity index is 753. The van der Waals surface area contributed by atoms with Gasteiger partial charge < -0.3 is 20.1 Å². The molecule has 140 valence electrons. The Morgan fingerprint density at radius 1 is 1.27 bits per heavy atom. The summed E-state index contributed by atoms with van der Waals surface area (Å²) in [6, 6.07) is 5.19. The average molecular weight is 444 g/mol. The van der Waals surface area contributed by atoms with E-state index in [1.165, 1.54) is 0 Å². The van der Waals surface area contributed by atoms with Crippen LogP contribution in [0.5, 0.6) is 11.5 Å². The summed E-state index contributed by atoms with van der Waals surface area (Å²) in [7, 11) is 4.78. The minimum absolute atomic E-state index is 0.0562. The van der Waals surface area contributed by atoms with Crippen molar-refractivity contribution in [2.45, 2.75) is 12.5 Å². The van der Waals surface area contributed by atoms with Gasteiger partial charge in [-0.25, -0.2) is 9.97 Å². The van der Waals surface area contributed by atoms with Crippen molar-refractivity contribution in [3.05, 3.63) is 45.4 Å². The maximum absolute atomic E-state index is 11.5. The second kappa shape index (κ2) is 9.70. The number of nitrogens with one attached hydrogen (secondary N) is 2. The third kappa shape index (κ3) is 5.30. The number of hydrogen-bond donors (Lipinski definition) is 2. The van der Waals surface area contributed by atoms with Crippen LogP contribution in [0, 0.1) is 0 Å². The summed E-state index contributed by atoms with van der Waals surface area (Å²) in [4.78, 5) is 19.9. The predicted molar refractivity (Wildman–Crippen MR) is 103 cm³/mol. The molecule has 26 heavy (non-hydrogen) atoms. The first kappa shape index (κ1) is 20.4. The van der Waals surface area contributed by atoms with Crippen molar-refractivity contribution >= 4 is 33.4 Å². The van der Waals surface area contributed by atoms with Gasteiger partial charge in [-0.15, -0.1) is 0 Å². The fourth-order valence-corrected chi connectivity index (χ4v) is 2.94. The van der Waals surface area contributed by atoms with Crippen molar-refractivity contribution in [1.29, 1.82) is 0 Å². The van der Waals surface area contributed by atoms with Crippen molar-refractivity contribution in [2.24, 2.45) is 0 Å². The van der Waals surface area contributed by atoms with E-state index in [-0.39, 0.29) is 17.2 Å². The molecule has 9 heteroatoms. The van der Waals surface area contributed by atoms with Gasteiger partial charge in [-0.3, -0.25) is 4.79 Å². The molecule has 1 atom stereocenters. The van der Waals surface area contributed by atoms with Gasteiger partial charge in [0.25, 0.3) is 0 Å². The highest BCUT2D eigenvalue weighted by atomic mass is 79.9. The fraction of sp³-hybridized carbons (Fsp3) is 0.353. The number of halogens is 2. The highest BCUT2D eigenvalue weighted by Crippen LogP contribution is 2.32.